The highest BCUT2D eigenvalue weighted by Gasteiger charge is 2.09. The Morgan fingerprint density at radius 3 is 2.83 bits per heavy atom. The van der Waals surface area contributed by atoms with Gasteiger partial charge in [0.2, 0.25) is 0 Å². The maximum atomic E-state index is 4.12. The molecule has 1 unspecified atom stereocenters. The fourth-order valence-corrected chi connectivity index (χ4v) is 3.00. The first kappa shape index (κ1) is 10.7. The summed E-state index contributed by atoms with van der Waals surface area (Å²) >= 11 is 8.59. The van der Waals surface area contributed by atoms with Gasteiger partial charge in [0.1, 0.15) is 0 Å². The third kappa shape index (κ3) is 2.82. The number of halogens is 2. The van der Waals surface area contributed by atoms with Crippen molar-refractivity contribution in [2.24, 2.45) is 5.92 Å². The molecule has 0 saturated carbocycles. The molecule has 1 heterocycles. The maximum Gasteiger partial charge on any atom is 0.0552 e. The van der Waals surface area contributed by atoms with E-state index < -0.39 is 0 Å². The molecule has 0 saturated heterocycles. The highest BCUT2D eigenvalue weighted by molar-refractivity contribution is 9.10. The van der Waals surface area contributed by atoms with Crippen LogP contribution in [0.1, 0.15) is 18.2 Å². The number of rotatable bonds is 4. The molecule has 1 rings (SSSR count). The molecule has 0 N–H and O–H groups in total. The lowest BCUT2D eigenvalue weighted by atomic mass is 10.0. The van der Waals surface area contributed by atoms with Crippen LogP contribution < -0.4 is 0 Å². The SMILES string of the molecule is CCC(CBr)Cc1sncc1Br. The number of alkyl halides is 1. The van der Waals surface area contributed by atoms with Crippen LogP contribution >= 0.6 is 43.4 Å². The summed E-state index contributed by atoms with van der Waals surface area (Å²) in [6, 6.07) is 0. The minimum absolute atomic E-state index is 0.738. The van der Waals surface area contributed by atoms with Gasteiger partial charge >= 0.3 is 0 Å². The second kappa shape index (κ2) is 5.35. The van der Waals surface area contributed by atoms with Crippen molar-refractivity contribution in [2.45, 2.75) is 19.8 Å². The van der Waals surface area contributed by atoms with Crippen LogP contribution in [0.2, 0.25) is 0 Å². The molecule has 1 atom stereocenters. The summed E-state index contributed by atoms with van der Waals surface area (Å²) in [5, 5.41) is 1.08. The average molecular weight is 313 g/mol. The Balaban J connectivity index is 2.56. The largest absolute Gasteiger partial charge is 0.200 e. The number of aromatic nitrogens is 1. The summed E-state index contributed by atoms with van der Waals surface area (Å²) < 4.78 is 5.28. The predicted molar refractivity (Wildman–Crippen MR) is 61.1 cm³/mol. The summed E-state index contributed by atoms with van der Waals surface area (Å²) in [6.45, 7) is 2.22. The third-order valence-corrected chi connectivity index (χ3v) is 4.54. The summed E-state index contributed by atoms with van der Waals surface area (Å²) in [5.41, 5.74) is 0. The molecule has 4 heteroatoms. The lowest BCUT2D eigenvalue weighted by molar-refractivity contribution is 0.577. The normalized spacial score (nSPS) is 13.2. The predicted octanol–water partition coefficient (Wildman–Crippen LogP) is 3.87. The van der Waals surface area contributed by atoms with E-state index in [1.54, 1.807) is 11.5 Å². The van der Waals surface area contributed by atoms with E-state index in [2.05, 4.69) is 43.2 Å². The monoisotopic (exact) mass is 311 g/mol. The van der Waals surface area contributed by atoms with Crippen LogP contribution in [-0.4, -0.2) is 9.70 Å². The van der Waals surface area contributed by atoms with Crippen LogP contribution in [0.25, 0.3) is 0 Å². The van der Waals surface area contributed by atoms with Crippen molar-refractivity contribution in [1.82, 2.24) is 4.37 Å². The van der Waals surface area contributed by atoms with Crippen LogP contribution in [0.4, 0.5) is 0 Å². The van der Waals surface area contributed by atoms with Gasteiger partial charge in [0.15, 0.2) is 0 Å². The molecule has 68 valence electrons. The molecule has 1 aromatic heterocycles. The van der Waals surface area contributed by atoms with Gasteiger partial charge in [-0.1, -0.05) is 29.3 Å². The van der Waals surface area contributed by atoms with Crippen LogP contribution in [-0.2, 0) is 6.42 Å². The standard InChI is InChI=1S/C8H11Br2NS/c1-2-6(4-9)3-8-7(10)5-11-12-8/h5-6H,2-4H2,1H3. The first-order chi connectivity index (χ1) is 5.77. The Bertz CT molecular complexity index is 233. The fourth-order valence-electron chi connectivity index (χ4n) is 0.957. The Hall–Kier alpha value is 0.590. The minimum atomic E-state index is 0.738. The van der Waals surface area contributed by atoms with E-state index in [1.807, 2.05) is 6.20 Å². The first-order valence-corrected chi connectivity index (χ1v) is 6.61. The van der Waals surface area contributed by atoms with E-state index in [0.717, 1.165) is 22.1 Å². The summed E-state index contributed by atoms with van der Waals surface area (Å²) in [4.78, 5) is 1.36. The van der Waals surface area contributed by atoms with Crippen molar-refractivity contribution in [1.29, 1.82) is 0 Å². The zero-order valence-electron chi connectivity index (χ0n) is 6.89. The van der Waals surface area contributed by atoms with E-state index in [4.69, 9.17) is 0 Å². The second-order valence-corrected chi connectivity index (χ2v) is 5.12. The smallest absolute Gasteiger partial charge is 0.0552 e. The molecule has 0 fully saturated rings. The number of hydrogen-bond acceptors (Lipinski definition) is 2. The molecular formula is C8H11Br2NS. The quantitative estimate of drug-likeness (QED) is 0.769. The minimum Gasteiger partial charge on any atom is -0.200 e. The molecule has 0 bridgehead atoms. The van der Waals surface area contributed by atoms with Crippen LogP contribution in [0.5, 0.6) is 0 Å². The Kier molecular flexibility index (Phi) is 4.75. The van der Waals surface area contributed by atoms with E-state index in [0.29, 0.717) is 0 Å². The number of nitrogens with zero attached hydrogens (tertiary/aromatic N) is 1. The van der Waals surface area contributed by atoms with Gasteiger partial charge in [-0.15, -0.1) is 0 Å². The molecule has 0 radical (unpaired) electrons. The number of hydrogen-bond donors (Lipinski definition) is 0. The van der Waals surface area contributed by atoms with Gasteiger partial charge in [0.05, 0.1) is 10.7 Å². The molecule has 0 aliphatic heterocycles. The van der Waals surface area contributed by atoms with Gasteiger partial charge < -0.3 is 0 Å². The van der Waals surface area contributed by atoms with E-state index >= 15 is 0 Å². The van der Waals surface area contributed by atoms with Crippen molar-refractivity contribution in [3.05, 3.63) is 15.5 Å². The molecule has 12 heavy (non-hydrogen) atoms. The lowest BCUT2D eigenvalue weighted by Crippen LogP contribution is -2.03. The van der Waals surface area contributed by atoms with Gasteiger partial charge in [-0.2, -0.15) is 4.37 Å². The lowest BCUT2D eigenvalue weighted by Gasteiger charge is -2.08. The molecule has 0 aliphatic rings. The summed E-state index contributed by atoms with van der Waals surface area (Å²) in [5.74, 6) is 0.738. The van der Waals surface area contributed by atoms with E-state index in [1.165, 1.54) is 11.3 Å². The van der Waals surface area contributed by atoms with Crippen LogP contribution in [0.3, 0.4) is 0 Å². The van der Waals surface area contributed by atoms with Gasteiger partial charge in [-0.25, -0.2) is 0 Å². The Morgan fingerprint density at radius 2 is 2.42 bits per heavy atom. The second-order valence-electron chi connectivity index (χ2n) is 2.73. The fraction of sp³-hybridized carbons (Fsp3) is 0.625. The zero-order valence-corrected chi connectivity index (χ0v) is 10.9. The van der Waals surface area contributed by atoms with Gasteiger partial charge in [-0.05, 0) is 39.8 Å². The van der Waals surface area contributed by atoms with Crippen LogP contribution in [0.15, 0.2) is 10.7 Å². The van der Waals surface area contributed by atoms with Crippen molar-refractivity contribution < 1.29 is 0 Å². The third-order valence-electron chi connectivity index (χ3n) is 1.86. The molecule has 1 nitrogen and oxygen atoms in total. The van der Waals surface area contributed by atoms with E-state index in [-0.39, 0.29) is 0 Å². The molecular weight excluding hydrogens is 302 g/mol. The molecule has 0 amide bonds. The molecule has 0 aromatic carbocycles. The molecule has 1 aromatic rings. The summed E-state index contributed by atoms with van der Waals surface area (Å²) in [6.07, 6.45) is 4.23. The van der Waals surface area contributed by atoms with E-state index in [9.17, 15) is 0 Å². The van der Waals surface area contributed by atoms with Gasteiger partial charge in [-0.3, -0.25) is 0 Å². The molecule has 0 aliphatic carbocycles. The first-order valence-electron chi connectivity index (χ1n) is 3.93. The maximum absolute atomic E-state index is 4.12. The Labute approximate surface area is 94.0 Å². The van der Waals surface area contributed by atoms with Crippen molar-refractivity contribution in [3.8, 4) is 0 Å². The average Bonchev–Trinajstić information content (AvgIpc) is 2.47. The van der Waals surface area contributed by atoms with Crippen LogP contribution in [0, 0.1) is 5.92 Å². The summed E-state index contributed by atoms with van der Waals surface area (Å²) in [7, 11) is 0. The van der Waals surface area contributed by atoms with Gasteiger partial charge in [0, 0.05) is 10.2 Å². The van der Waals surface area contributed by atoms with Crippen molar-refractivity contribution in [3.63, 3.8) is 0 Å². The Morgan fingerprint density at radius 1 is 1.67 bits per heavy atom. The topological polar surface area (TPSA) is 12.9 Å². The molecule has 0 spiro atoms. The van der Waals surface area contributed by atoms with Crippen molar-refractivity contribution in [2.75, 3.05) is 5.33 Å². The zero-order chi connectivity index (χ0) is 8.97. The van der Waals surface area contributed by atoms with Gasteiger partial charge in [0.25, 0.3) is 0 Å². The highest BCUT2D eigenvalue weighted by Crippen LogP contribution is 2.24. The highest BCUT2D eigenvalue weighted by atomic mass is 79.9. The van der Waals surface area contributed by atoms with Crippen molar-refractivity contribution >= 4 is 43.4 Å².